The van der Waals surface area contributed by atoms with Gasteiger partial charge in [-0.2, -0.15) is 0 Å². The zero-order valence-corrected chi connectivity index (χ0v) is 8.43. The number of aromatic nitrogens is 2. The number of carbonyl (C=O) groups excluding carboxylic acids is 1. The Kier molecular flexibility index (Phi) is 3.64. The Labute approximate surface area is 82.9 Å². The van der Waals surface area contributed by atoms with E-state index in [9.17, 15) is 4.79 Å². The molecule has 1 heterocycles. The van der Waals surface area contributed by atoms with Gasteiger partial charge in [-0.3, -0.25) is 4.79 Å². The summed E-state index contributed by atoms with van der Waals surface area (Å²) in [5.74, 6) is -0.239. The minimum atomic E-state index is -0.239. The van der Waals surface area contributed by atoms with Crippen LogP contribution in [0, 0.1) is 0 Å². The molecule has 0 saturated carbocycles. The predicted molar refractivity (Wildman–Crippen MR) is 51.4 cm³/mol. The van der Waals surface area contributed by atoms with Gasteiger partial charge >= 0.3 is 5.97 Å². The molecule has 5 nitrogen and oxygen atoms in total. The minimum Gasteiger partial charge on any atom is -0.469 e. The van der Waals surface area contributed by atoms with E-state index in [0.29, 0.717) is 12.8 Å². The van der Waals surface area contributed by atoms with Gasteiger partial charge in [-0.1, -0.05) is 0 Å². The van der Waals surface area contributed by atoms with Crippen molar-refractivity contribution >= 4 is 5.97 Å². The van der Waals surface area contributed by atoms with Gasteiger partial charge in [0.15, 0.2) is 0 Å². The molecule has 1 aromatic heterocycles. The van der Waals surface area contributed by atoms with Crippen LogP contribution in [0.15, 0.2) is 12.5 Å². The number of methoxy groups -OCH3 is 1. The highest BCUT2D eigenvalue weighted by atomic mass is 16.5. The fourth-order valence-electron chi connectivity index (χ4n) is 1.15. The Balaban J connectivity index is 2.42. The summed E-state index contributed by atoms with van der Waals surface area (Å²) in [4.78, 5) is 15.0. The van der Waals surface area contributed by atoms with Crippen molar-refractivity contribution in [2.45, 2.75) is 18.9 Å². The van der Waals surface area contributed by atoms with Crippen LogP contribution in [0.1, 0.15) is 24.6 Å². The lowest BCUT2D eigenvalue weighted by atomic mass is 10.1. The van der Waals surface area contributed by atoms with Gasteiger partial charge < -0.3 is 15.0 Å². The molecular formula is C9H15N3O2. The number of rotatable bonds is 4. The normalized spacial score (nSPS) is 12.5. The highest BCUT2D eigenvalue weighted by molar-refractivity contribution is 5.69. The molecule has 1 aromatic rings. The molecule has 0 fully saturated rings. The molecule has 0 spiro atoms. The fourth-order valence-corrected chi connectivity index (χ4v) is 1.15. The van der Waals surface area contributed by atoms with Crippen molar-refractivity contribution in [2.24, 2.45) is 12.8 Å². The molecular weight excluding hydrogens is 182 g/mol. The zero-order chi connectivity index (χ0) is 10.6. The summed E-state index contributed by atoms with van der Waals surface area (Å²) < 4.78 is 6.35. The van der Waals surface area contributed by atoms with Gasteiger partial charge in [0.1, 0.15) is 0 Å². The van der Waals surface area contributed by atoms with Crippen molar-refractivity contribution < 1.29 is 9.53 Å². The molecule has 0 aliphatic heterocycles. The summed E-state index contributed by atoms with van der Waals surface area (Å²) in [7, 11) is 3.25. The van der Waals surface area contributed by atoms with E-state index in [-0.39, 0.29) is 12.0 Å². The number of aryl methyl sites for hydroxylation is 1. The van der Waals surface area contributed by atoms with Crippen LogP contribution in [0.25, 0.3) is 0 Å². The van der Waals surface area contributed by atoms with Gasteiger partial charge in [-0.05, 0) is 6.42 Å². The maximum Gasteiger partial charge on any atom is 0.305 e. The molecule has 5 heteroatoms. The first-order chi connectivity index (χ1) is 6.63. The van der Waals surface area contributed by atoms with Crippen molar-refractivity contribution in [2.75, 3.05) is 7.11 Å². The van der Waals surface area contributed by atoms with Gasteiger partial charge in [-0.15, -0.1) is 0 Å². The average Bonchev–Trinajstić information content (AvgIpc) is 2.60. The molecule has 0 saturated heterocycles. The molecule has 0 aliphatic carbocycles. The van der Waals surface area contributed by atoms with Crippen LogP contribution in [0.2, 0.25) is 0 Å². The Hall–Kier alpha value is -1.36. The topological polar surface area (TPSA) is 70.1 Å². The van der Waals surface area contributed by atoms with E-state index in [2.05, 4.69) is 9.72 Å². The van der Waals surface area contributed by atoms with Crippen molar-refractivity contribution in [3.63, 3.8) is 0 Å². The zero-order valence-electron chi connectivity index (χ0n) is 8.43. The first-order valence-electron chi connectivity index (χ1n) is 4.43. The van der Waals surface area contributed by atoms with Crippen LogP contribution in [-0.2, 0) is 16.6 Å². The van der Waals surface area contributed by atoms with E-state index >= 15 is 0 Å². The van der Waals surface area contributed by atoms with E-state index in [4.69, 9.17) is 5.73 Å². The van der Waals surface area contributed by atoms with E-state index < -0.39 is 0 Å². The molecule has 1 rings (SSSR count). The maximum absolute atomic E-state index is 10.8. The second-order valence-electron chi connectivity index (χ2n) is 3.19. The first-order valence-corrected chi connectivity index (χ1v) is 4.43. The molecule has 78 valence electrons. The summed E-state index contributed by atoms with van der Waals surface area (Å²) in [6, 6.07) is -0.199. The van der Waals surface area contributed by atoms with Gasteiger partial charge in [0.05, 0.1) is 19.1 Å². The number of imidazole rings is 1. The van der Waals surface area contributed by atoms with Gasteiger partial charge in [0.2, 0.25) is 0 Å². The smallest absolute Gasteiger partial charge is 0.305 e. The molecule has 0 amide bonds. The number of esters is 1. The third-order valence-electron chi connectivity index (χ3n) is 1.99. The highest BCUT2D eigenvalue weighted by Crippen LogP contribution is 2.13. The van der Waals surface area contributed by atoms with Crippen LogP contribution in [-0.4, -0.2) is 22.6 Å². The summed E-state index contributed by atoms with van der Waals surface area (Å²) >= 11 is 0. The third-order valence-corrected chi connectivity index (χ3v) is 1.99. The average molecular weight is 197 g/mol. The number of nitrogens with two attached hydrogens (primary N) is 1. The summed E-state index contributed by atoms with van der Waals surface area (Å²) in [5, 5.41) is 0. The SMILES string of the molecule is COC(=O)CCC(N)c1cn(C)cn1. The fraction of sp³-hybridized carbons (Fsp3) is 0.556. The first kappa shape index (κ1) is 10.7. The number of ether oxygens (including phenoxy) is 1. The Morgan fingerprint density at radius 1 is 1.79 bits per heavy atom. The van der Waals surface area contributed by atoms with Crippen molar-refractivity contribution in [3.8, 4) is 0 Å². The number of carbonyl (C=O) groups is 1. The second kappa shape index (κ2) is 4.76. The van der Waals surface area contributed by atoms with Gasteiger partial charge in [-0.25, -0.2) is 4.98 Å². The molecule has 0 aromatic carbocycles. The molecule has 1 atom stereocenters. The van der Waals surface area contributed by atoms with Gasteiger partial charge in [0, 0.05) is 25.7 Å². The standard InChI is InChI=1S/C9H15N3O2/c1-12-5-8(11-6-12)7(10)3-4-9(13)14-2/h5-7H,3-4,10H2,1-2H3. The molecule has 0 radical (unpaired) electrons. The number of hydrogen-bond donors (Lipinski definition) is 1. The minimum absolute atomic E-state index is 0.199. The van der Waals surface area contributed by atoms with E-state index in [1.165, 1.54) is 7.11 Å². The van der Waals surface area contributed by atoms with Crippen molar-refractivity contribution in [1.29, 1.82) is 0 Å². The lowest BCUT2D eigenvalue weighted by Crippen LogP contribution is -2.13. The van der Waals surface area contributed by atoms with Crippen molar-refractivity contribution in [1.82, 2.24) is 9.55 Å². The molecule has 2 N–H and O–H groups in total. The second-order valence-corrected chi connectivity index (χ2v) is 3.19. The maximum atomic E-state index is 10.8. The quantitative estimate of drug-likeness (QED) is 0.708. The monoisotopic (exact) mass is 197 g/mol. The molecule has 1 unspecified atom stereocenters. The van der Waals surface area contributed by atoms with Gasteiger partial charge in [0.25, 0.3) is 0 Å². The molecule has 0 bridgehead atoms. The van der Waals surface area contributed by atoms with Crippen molar-refractivity contribution in [3.05, 3.63) is 18.2 Å². The summed E-state index contributed by atoms with van der Waals surface area (Å²) in [6.45, 7) is 0. The van der Waals surface area contributed by atoms with Crippen LogP contribution in [0.5, 0.6) is 0 Å². The Morgan fingerprint density at radius 2 is 2.50 bits per heavy atom. The largest absolute Gasteiger partial charge is 0.469 e. The summed E-state index contributed by atoms with van der Waals surface area (Å²) in [5.41, 5.74) is 6.63. The molecule has 0 aliphatic rings. The number of nitrogens with zero attached hydrogens (tertiary/aromatic N) is 2. The van der Waals surface area contributed by atoms with Crippen LogP contribution in [0.4, 0.5) is 0 Å². The predicted octanol–water partition coefficient (Wildman–Crippen LogP) is 0.373. The molecule has 14 heavy (non-hydrogen) atoms. The summed E-state index contributed by atoms with van der Waals surface area (Å²) in [6.07, 6.45) is 4.42. The van der Waals surface area contributed by atoms with Crippen LogP contribution < -0.4 is 5.73 Å². The van der Waals surface area contributed by atoms with Crippen LogP contribution in [0.3, 0.4) is 0 Å². The Bertz CT molecular complexity index is 309. The number of hydrogen-bond acceptors (Lipinski definition) is 4. The van der Waals surface area contributed by atoms with E-state index in [1.807, 2.05) is 17.8 Å². The van der Waals surface area contributed by atoms with E-state index in [0.717, 1.165) is 5.69 Å². The lowest BCUT2D eigenvalue weighted by Gasteiger charge is -2.06. The highest BCUT2D eigenvalue weighted by Gasteiger charge is 2.11. The van der Waals surface area contributed by atoms with E-state index in [1.54, 1.807) is 6.33 Å². The van der Waals surface area contributed by atoms with Crippen LogP contribution >= 0.6 is 0 Å². The Morgan fingerprint density at radius 3 is 3.00 bits per heavy atom. The lowest BCUT2D eigenvalue weighted by molar-refractivity contribution is -0.140. The third kappa shape index (κ3) is 2.85.